The second-order valence-electron chi connectivity index (χ2n) is 4.95. The summed E-state index contributed by atoms with van der Waals surface area (Å²) in [6, 6.07) is 4.55. The van der Waals surface area contributed by atoms with E-state index in [9.17, 15) is 26.7 Å². The molecule has 138 valence electrons. The third kappa shape index (κ3) is 3.71. The van der Waals surface area contributed by atoms with Crippen LogP contribution >= 0.6 is 23.2 Å². The number of benzene rings is 1. The number of amidine groups is 1. The summed E-state index contributed by atoms with van der Waals surface area (Å²) in [7, 11) is -5.92. The second kappa shape index (κ2) is 6.67. The molecule has 1 heterocycles. The van der Waals surface area contributed by atoms with Crippen LogP contribution in [0.5, 0.6) is 0 Å². The van der Waals surface area contributed by atoms with E-state index in [1.165, 1.54) is 30.9 Å². The first-order valence-corrected chi connectivity index (χ1v) is 8.71. The van der Waals surface area contributed by atoms with Gasteiger partial charge in [0.15, 0.2) is 6.23 Å². The summed E-state index contributed by atoms with van der Waals surface area (Å²) in [6.07, 6.45) is -1.56. The minimum absolute atomic E-state index is 0.0466. The predicted octanol–water partition coefficient (Wildman–Crippen LogP) is 3.65. The van der Waals surface area contributed by atoms with Crippen LogP contribution in [0.2, 0.25) is 10.0 Å². The molecule has 2 rings (SSSR count). The average Bonchev–Trinajstić information content (AvgIpc) is 2.47. The smallest absolute Gasteiger partial charge is 0.369 e. The topological polar surface area (TPSA) is 79.2 Å². The lowest BCUT2D eigenvalue weighted by molar-refractivity contribution is -0.0524. The first kappa shape index (κ1) is 19.8. The molecule has 25 heavy (non-hydrogen) atoms. The predicted molar refractivity (Wildman–Crippen MR) is 86.8 cm³/mol. The van der Waals surface area contributed by atoms with Gasteiger partial charge in [-0.3, -0.25) is 4.90 Å². The van der Waals surface area contributed by atoms with Crippen LogP contribution in [0, 0.1) is 0 Å². The molecule has 0 bridgehead atoms. The van der Waals surface area contributed by atoms with Gasteiger partial charge in [-0.25, -0.2) is 0 Å². The van der Waals surface area contributed by atoms with E-state index in [1.54, 1.807) is 6.07 Å². The van der Waals surface area contributed by atoms with Gasteiger partial charge in [0.05, 0.1) is 15.7 Å². The molecule has 0 spiro atoms. The highest BCUT2D eigenvalue weighted by Gasteiger charge is 2.49. The number of rotatable bonds is 3. The molecule has 0 amide bonds. The number of halogens is 5. The maximum absolute atomic E-state index is 12.5. The van der Waals surface area contributed by atoms with Crippen LogP contribution in [-0.4, -0.2) is 31.1 Å². The molecule has 1 aliphatic heterocycles. The molecule has 1 aromatic carbocycles. The fourth-order valence-corrected chi connectivity index (χ4v) is 2.85. The van der Waals surface area contributed by atoms with E-state index in [4.69, 9.17) is 23.2 Å². The van der Waals surface area contributed by atoms with Crippen LogP contribution < -0.4 is 4.90 Å². The molecule has 1 atom stereocenters. The van der Waals surface area contributed by atoms with Crippen molar-refractivity contribution in [2.24, 2.45) is 4.99 Å². The SMILES string of the molecule is CC1=NC(OS(=O)(=O)C(F)(F)F)=C(C)C(O)N1c1cccc(Cl)c1Cl. The lowest BCUT2D eigenvalue weighted by atomic mass is 10.1. The van der Waals surface area contributed by atoms with Gasteiger partial charge in [0.1, 0.15) is 5.84 Å². The molecular formula is C13H11Cl2F3N2O4S. The van der Waals surface area contributed by atoms with E-state index in [-0.39, 0.29) is 27.1 Å². The van der Waals surface area contributed by atoms with Crippen LogP contribution in [0.25, 0.3) is 0 Å². The highest BCUT2D eigenvalue weighted by atomic mass is 35.5. The van der Waals surface area contributed by atoms with Crippen molar-refractivity contribution < 1.29 is 30.9 Å². The van der Waals surface area contributed by atoms with Gasteiger partial charge < -0.3 is 9.29 Å². The normalized spacial score (nSPS) is 19.1. The van der Waals surface area contributed by atoms with Crippen molar-refractivity contribution >= 4 is 44.8 Å². The Labute approximate surface area is 151 Å². The zero-order chi connectivity index (χ0) is 19.2. The van der Waals surface area contributed by atoms with Crippen LogP contribution in [0.4, 0.5) is 18.9 Å². The van der Waals surface area contributed by atoms with Gasteiger partial charge in [-0.2, -0.15) is 26.6 Å². The standard InChI is InChI=1S/C13H11Cl2F3N2O4S/c1-6-11(24-25(22,23)13(16,17)18)19-7(2)20(12(6)21)9-5-3-4-8(14)10(9)15/h3-5,12,21H,1-2H3. The van der Waals surface area contributed by atoms with Gasteiger partial charge in [-0.05, 0) is 26.0 Å². The Morgan fingerprint density at radius 3 is 2.44 bits per heavy atom. The Bertz CT molecular complexity index is 869. The highest BCUT2D eigenvalue weighted by Crippen LogP contribution is 2.37. The summed E-state index contributed by atoms with van der Waals surface area (Å²) >= 11 is 12.0. The molecule has 12 heteroatoms. The maximum atomic E-state index is 12.5. The summed E-state index contributed by atoms with van der Waals surface area (Å²) in [6.45, 7) is 2.50. The van der Waals surface area contributed by atoms with Crippen molar-refractivity contribution in [3.05, 3.63) is 39.7 Å². The molecule has 1 N–H and O–H groups in total. The summed E-state index contributed by atoms with van der Waals surface area (Å²) in [5, 5.41) is 10.6. The molecule has 0 saturated heterocycles. The molecule has 0 aromatic heterocycles. The maximum Gasteiger partial charge on any atom is 0.534 e. The van der Waals surface area contributed by atoms with Gasteiger partial charge in [-0.15, -0.1) is 0 Å². The Morgan fingerprint density at radius 2 is 1.88 bits per heavy atom. The molecule has 0 radical (unpaired) electrons. The molecule has 1 aliphatic rings. The van der Waals surface area contributed by atoms with Crippen molar-refractivity contribution in [2.75, 3.05) is 4.90 Å². The summed E-state index contributed by atoms with van der Waals surface area (Å²) in [4.78, 5) is 4.88. The zero-order valence-corrected chi connectivity index (χ0v) is 15.0. The molecule has 0 fully saturated rings. The lowest BCUT2D eigenvalue weighted by Crippen LogP contribution is -2.43. The quantitative estimate of drug-likeness (QED) is 0.598. The molecule has 1 unspecified atom stereocenters. The van der Waals surface area contributed by atoms with Gasteiger partial charge in [0.2, 0.25) is 5.88 Å². The third-order valence-corrected chi connectivity index (χ3v) is 5.00. The lowest BCUT2D eigenvalue weighted by Gasteiger charge is -2.34. The molecular weight excluding hydrogens is 408 g/mol. The van der Waals surface area contributed by atoms with Crippen molar-refractivity contribution in [3.63, 3.8) is 0 Å². The Balaban J connectivity index is 2.45. The Hall–Kier alpha value is -1.49. The zero-order valence-electron chi connectivity index (χ0n) is 12.7. The number of alkyl halides is 3. The van der Waals surface area contributed by atoms with E-state index in [0.29, 0.717) is 0 Å². The number of aliphatic hydroxyl groups excluding tert-OH is 1. The molecule has 1 aromatic rings. The number of anilines is 1. The van der Waals surface area contributed by atoms with Crippen molar-refractivity contribution in [2.45, 2.75) is 25.6 Å². The minimum atomic E-state index is -5.92. The molecule has 0 saturated carbocycles. The van der Waals surface area contributed by atoms with Crippen molar-refractivity contribution in [1.82, 2.24) is 0 Å². The fraction of sp³-hybridized carbons (Fsp3) is 0.308. The summed E-state index contributed by atoms with van der Waals surface area (Å²) in [5.41, 5.74) is -5.64. The van der Waals surface area contributed by atoms with E-state index in [0.717, 1.165) is 0 Å². The molecule has 6 nitrogen and oxygen atoms in total. The fourth-order valence-electron chi connectivity index (χ4n) is 1.99. The average molecular weight is 419 g/mol. The van der Waals surface area contributed by atoms with E-state index < -0.39 is 27.7 Å². The van der Waals surface area contributed by atoms with Gasteiger partial charge in [0.25, 0.3) is 0 Å². The largest absolute Gasteiger partial charge is 0.534 e. The minimum Gasteiger partial charge on any atom is -0.369 e. The highest BCUT2D eigenvalue weighted by molar-refractivity contribution is 7.87. The van der Waals surface area contributed by atoms with Crippen LogP contribution in [0.3, 0.4) is 0 Å². The molecule has 0 aliphatic carbocycles. The monoisotopic (exact) mass is 418 g/mol. The second-order valence-corrected chi connectivity index (χ2v) is 7.27. The van der Waals surface area contributed by atoms with Crippen molar-refractivity contribution in [3.8, 4) is 0 Å². The van der Waals surface area contributed by atoms with Crippen LogP contribution in [0.15, 0.2) is 34.6 Å². The van der Waals surface area contributed by atoms with E-state index in [2.05, 4.69) is 9.18 Å². The van der Waals surface area contributed by atoms with Crippen molar-refractivity contribution in [1.29, 1.82) is 0 Å². The number of nitrogens with zero attached hydrogens (tertiary/aromatic N) is 2. The van der Waals surface area contributed by atoms with E-state index >= 15 is 0 Å². The number of hydrogen-bond donors (Lipinski definition) is 1. The van der Waals surface area contributed by atoms with Crippen LogP contribution in [0.1, 0.15) is 13.8 Å². The first-order valence-electron chi connectivity index (χ1n) is 6.55. The number of aliphatic hydroxyl groups is 1. The summed E-state index contributed by atoms with van der Waals surface area (Å²) < 4.78 is 63.7. The number of hydrogen-bond acceptors (Lipinski definition) is 6. The van der Waals surface area contributed by atoms with E-state index in [1.807, 2.05) is 0 Å². The van der Waals surface area contributed by atoms with Gasteiger partial charge in [0, 0.05) is 5.57 Å². The van der Waals surface area contributed by atoms with Crippen LogP contribution in [-0.2, 0) is 14.3 Å². The summed E-state index contributed by atoms with van der Waals surface area (Å²) in [5.74, 6) is -0.911. The number of aliphatic imine (C=N–C) groups is 1. The Kier molecular flexibility index (Phi) is 5.29. The third-order valence-electron chi connectivity index (χ3n) is 3.24. The first-order chi connectivity index (χ1) is 11.4. The van der Waals surface area contributed by atoms with Gasteiger partial charge >= 0.3 is 15.6 Å². The Morgan fingerprint density at radius 1 is 1.28 bits per heavy atom. The van der Waals surface area contributed by atoms with Gasteiger partial charge in [-0.1, -0.05) is 29.3 Å².